The van der Waals surface area contributed by atoms with Gasteiger partial charge in [-0.1, -0.05) is 36.4 Å². The molecule has 1 fully saturated rings. The van der Waals surface area contributed by atoms with Crippen molar-refractivity contribution in [3.8, 4) is 12.1 Å². The molecule has 0 spiro atoms. The predicted molar refractivity (Wildman–Crippen MR) is 142 cm³/mol. The average Bonchev–Trinajstić information content (AvgIpc) is 3.35. The summed E-state index contributed by atoms with van der Waals surface area (Å²) in [5, 5.41) is 19.8. The maximum absolute atomic E-state index is 9.40. The van der Waals surface area contributed by atoms with Gasteiger partial charge in [0.05, 0.1) is 0 Å². The average molecular weight is 472 g/mol. The molecule has 36 heavy (non-hydrogen) atoms. The van der Waals surface area contributed by atoms with E-state index in [4.69, 9.17) is 9.15 Å². The number of hydrogen-bond donors (Lipinski definition) is 0. The molecule has 5 heteroatoms. The van der Waals surface area contributed by atoms with Crippen LogP contribution in [0.1, 0.15) is 30.6 Å². The second-order valence-electron chi connectivity index (χ2n) is 8.74. The molecular formula is C31H25N3O2. The Morgan fingerprint density at radius 3 is 2.19 bits per heavy atom. The van der Waals surface area contributed by atoms with E-state index in [0.717, 1.165) is 29.6 Å². The van der Waals surface area contributed by atoms with Gasteiger partial charge in [-0.05, 0) is 79.5 Å². The van der Waals surface area contributed by atoms with E-state index >= 15 is 0 Å². The van der Waals surface area contributed by atoms with Crippen molar-refractivity contribution in [1.82, 2.24) is 0 Å². The monoisotopic (exact) mass is 471 g/mol. The van der Waals surface area contributed by atoms with Crippen LogP contribution in [-0.2, 0) is 4.74 Å². The zero-order chi connectivity index (χ0) is 24.7. The van der Waals surface area contributed by atoms with E-state index in [1.54, 1.807) is 18.2 Å². The Hall–Kier alpha value is -4.74. The molecule has 1 saturated heterocycles. The fourth-order valence-corrected chi connectivity index (χ4v) is 4.38. The van der Waals surface area contributed by atoms with Crippen molar-refractivity contribution in [3.63, 3.8) is 0 Å². The van der Waals surface area contributed by atoms with Crippen LogP contribution in [0.15, 0.2) is 106 Å². The molecule has 176 valence electrons. The standard InChI is InChI=1S/C31H25N3O2/c32-21-26(22-33)25-19-28(13-10-23-8-11-27(12-9-23)34-16-4-1-5-17-34)35-29(20-25)14-15-30-18-24-6-2-3-7-31(24)36-30/h2-3,6-15,18-20H,1,4-5,16-17H2/b13-10+,15-14+. The van der Waals surface area contributed by atoms with Crippen molar-refractivity contribution in [2.75, 3.05) is 18.0 Å². The van der Waals surface area contributed by atoms with Gasteiger partial charge in [-0.15, -0.1) is 0 Å². The summed E-state index contributed by atoms with van der Waals surface area (Å²) < 4.78 is 11.9. The number of para-hydroxylation sites is 1. The van der Waals surface area contributed by atoms with Gasteiger partial charge in [0.15, 0.2) is 0 Å². The van der Waals surface area contributed by atoms with Gasteiger partial charge in [-0.25, -0.2) is 0 Å². The maximum atomic E-state index is 9.40. The van der Waals surface area contributed by atoms with E-state index in [-0.39, 0.29) is 5.57 Å². The minimum Gasteiger partial charge on any atom is -0.457 e. The van der Waals surface area contributed by atoms with Crippen molar-refractivity contribution < 1.29 is 9.15 Å². The van der Waals surface area contributed by atoms with Crippen LogP contribution in [0.4, 0.5) is 5.69 Å². The van der Waals surface area contributed by atoms with Crippen LogP contribution in [0.3, 0.4) is 0 Å². The second kappa shape index (κ2) is 10.7. The highest BCUT2D eigenvalue weighted by atomic mass is 16.5. The molecular weight excluding hydrogens is 446 g/mol. The lowest BCUT2D eigenvalue weighted by Crippen LogP contribution is -2.29. The summed E-state index contributed by atoms with van der Waals surface area (Å²) in [6, 6.07) is 22.2. The Morgan fingerprint density at radius 1 is 0.806 bits per heavy atom. The molecule has 0 amide bonds. The third kappa shape index (κ3) is 5.32. The number of ether oxygens (including phenoxy) is 1. The molecule has 5 rings (SSSR count). The first-order chi connectivity index (χ1) is 17.7. The zero-order valence-corrected chi connectivity index (χ0v) is 19.9. The highest BCUT2D eigenvalue weighted by Crippen LogP contribution is 2.26. The van der Waals surface area contributed by atoms with Crippen LogP contribution in [0.5, 0.6) is 0 Å². The van der Waals surface area contributed by atoms with Crippen molar-refractivity contribution >= 4 is 28.8 Å². The molecule has 2 aliphatic rings. The summed E-state index contributed by atoms with van der Waals surface area (Å²) >= 11 is 0. The first-order valence-electron chi connectivity index (χ1n) is 12.1. The molecule has 0 bridgehead atoms. The number of anilines is 1. The quantitative estimate of drug-likeness (QED) is 0.365. The first kappa shape index (κ1) is 23.0. The van der Waals surface area contributed by atoms with E-state index in [1.807, 2.05) is 60.7 Å². The SMILES string of the molecule is N#CC(C#N)=C1C=C(/C=C/c2ccc(N3CCCCC3)cc2)OC(/C=C/c2cc3ccccc3o2)=C1. The topological polar surface area (TPSA) is 73.2 Å². The lowest BCUT2D eigenvalue weighted by Gasteiger charge is -2.28. The van der Waals surface area contributed by atoms with Crippen molar-refractivity contribution in [1.29, 1.82) is 10.5 Å². The summed E-state index contributed by atoms with van der Waals surface area (Å²) in [4.78, 5) is 2.43. The Balaban J connectivity index is 1.35. The highest BCUT2D eigenvalue weighted by molar-refractivity contribution is 5.79. The zero-order valence-electron chi connectivity index (χ0n) is 19.9. The number of nitriles is 2. The van der Waals surface area contributed by atoms with Crippen LogP contribution >= 0.6 is 0 Å². The van der Waals surface area contributed by atoms with E-state index in [9.17, 15) is 10.5 Å². The van der Waals surface area contributed by atoms with Crippen LogP contribution in [0, 0.1) is 22.7 Å². The van der Waals surface area contributed by atoms with E-state index < -0.39 is 0 Å². The molecule has 3 aromatic rings. The molecule has 0 saturated carbocycles. The molecule has 0 atom stereocenters. The molecule has 1 aromatic heterocycles. The van der Waals surface area contributed by atoms with E-state index in [0.29, 0.717) is 22.9 Å². The number of benzene rings is 2. The molecule has 3 heterocycles. The highest BCUT2D eigenvalue weighted by Gasteiger charge is 2.13. The predicted octanol–water partition coefficient (Wildman–Crippen LogP) is 7.29. The van der Waals surface area contributed by atoms with Crippen LogP contribution in [0.2, 0.25) is 0 Å². The summed E-state index contributed by atoms with van der Waals surface area (Å²) in [5.74, 6) is 1.74. The number of furan rings is 1. The molecule has 0 unspecified atom stereocenters. The number of piperidine rings is 1. The van der Waals surface area contributed by atoms with Gasteiger partial charge in [-0.2, -0.15) is 10.5 Å². The van der Waals surface area contributed by atoms with Crippen molar-refractivity contribution in [3.05, 3.63) is 113 Å². The Bertz CT molecular complexity index is 1450. The van der Waals surface area contributed by atoms with Crippen LogP contribution in [-0.4, -0.2) is 13.1 Å². The first-order valence-corrected chi connectivity index (χ1v) is 12.1. The van der Waals surface area contributed by atoms with Gasteiger partial charge in [0.25, 0.3) is 0 Å². The molecule has 2 aliphatic heterocycles. The fraction of sp³-hybridized carbons (Fsp3) is 0.161. The normalized spacial score (nSPS) is 15.9. The molecule has 2 aromatic carbocycles. The van der Waals surface area contributed by atoms with Gasteiger partial charge < -0.3 is 14.1 Å². The number of fused-ring (bicyclic) bond motifs is 1. The molecule has 5 nitrogen and oxygen atoms in total. The van der Waals surface area contributed by atoms with Gasteiger partial charge in [0, 0.05) is 29.7 Å². The third-order valence-corrected chi connectivity index (χ3v) is 6.25. The van der Waals surface area contributed by atoms with Crippen LogP contribution < -0.4 is 4.90 Å². The minimum absolute atomic E-state index is 0.0321. The van der Waals surface area contributed by atoms with Gasteiger partial charge in [0.1, 0.15) is 40.6 Å². The third-order valence-electron chi connectivity index (χ3n) is 6.25. The summed E-state index contributed by atoms with van der Waals surface area (Å²) in [7, 11) is 0. The van der Waals surface area contributed by atoms with Gasteiger partial charge in [-0.3, -0.25) is 0 Å². The summed E-state index contributed by atoms with van der Waals surface area (Å²) in [6.45, 7) is 2.23. The molecule has 0 radical (unpaired) electrons. The lowest BCUT2D eigenvalue weighted by molar-refractivity contribution is 0.332. The van der Waals surface area contributed by atoms with Crippen LogP contribution in [0.25, 0.3) is 23.1 Å². The molecule has 0 N–H and O–H groups in total. The van der Waals surface area contributed by atoms with Gasteiger partial charge >= 0.3 is 0 Å². The Kier molecular flexibility index (Phi) is 6.83. The number of allylic oxidation sites excluding steroid dienone is 6. The van der Waals surface area contributed by atoms with E-state index in [2.05, 4.69) is 29.2 Å². The number of hydrogen-bond acceptors (Lipinski definition) is 5. The minimum atomic E-state index is 0.0321. The maximum Gasteiger partial charge on any atom is 0.137 e. The van der Waals surface area contributed by atoms with Crippen molar-refractivity contribution in [2.24, 2.45) is 0 Å². The smallest absolute Gasteiger partial charge is 0.137 e. The number of rotatable bonds is 5. The second-order valence-corrected chi connectivity index (χ2v) is 8.74. The van der Waals surface area contributed by atoms with Gasteiger partial charge in [0.2, 0.25) is 0 Å². The largest absolute Gasteiger partial charge is 0.457 e. The Labute approximate surface area is 210 Å². The Morgan fingerprint density at radius 2 is 1.50 bits per heavy atom. The van der Waals surface area contributed by atoms with Crippen molar-refractivity contribution in [2.45, 2.75) is 19.3 Å². The molecule has 0 aliphatic carbocycles. The summed E-state index contributed by atoms with van der Waals surface area (Å²) in [5.41, 5.74) is 3.64. The number of nitrogens with zero attached hydrogens (tertiary/aromatic N) is 3. The fourth-order valence-electron chi connectivity index (χ4n) is 4.38. The lowest BCUT2D eigenvalue weighted by atomic mass is 10.1. The van der Waals surface area contributed by atoms with E-state index in [1.165, 1.54) is 24.9 Å². The summed E-state index contributed by atoms with van der Waals surface area (Å²) in [6.07, 6.45) is 14.6.